The molecule has 8 aromatic carbocycles. The van der Waals surface area contributed by atoms with Crippen molar-refractivity contribution in [1.29, 1.82) is 0 Å². The van der Waals surface area contributed by atoms with E-state index < -0.39 is 0 Å². The Bertz CT molecular complexity index is 3150. The molecule has 58 heavy (non-hydrogen) atoms. The van der Waals surface area contributed by atoms with Gasteiger partial charge >= 0.3 is 0 Å². The minimum atomic E-state index is -0.303. The second kappa shape index (κ2) is 14.0. The molecule has 0 unspecified atom stereocenters. The van der Waals surface area contributed by atoms with Gasteiger partial charge in [-0.2, -0.15) is 0 Å². The van der Waals surface area contributed by atoms with Crippen LogP contribution in [0.15, 0.2) is 167 Å². The van der Waals surface area contributed by atoms with Gasteiger partial charge in [-0.3, -0.25) is 0 Å². The number of furan rings is 2. The molecular weight excluding hydrogens is 719 g/mol. The maximum atomic E-state index is 14.6. The molecule has 10 aromatic rings. The first-order valence-electron chi connectivity index (χ1n) is 19.9. The van der Waals surface area contributed by atoms with Crippen molar-refractivity contribution in [3.8, 4) is 55.6 Å². The van der Waals surface area contributed by atoms with Crippen LogP contribution in [0.5, 0.6) is 0 Å². The van der Waals surface area contributed by atoms with Crippen LogP contribution < -0.4 is 0 Å². The zero-order chi connectivity index (χ0) is 39.7. The van der Waals surface area contributed by atoms with E-state index in [1.165, 1.54) is 35.0 Å². The lowest BCUT2D eigenvalue weighted by atomic mass is 9.85. The summed E-state index contributed by atoms with van der Waals surface area (Å²) >= 11 is 0. The van der Waals surface area contributed by atoms with E-state index in [9.17, 15) is 8.78 Å². The summed E-state index contributed by atoms with van der Waals surface area (Å²) in [5.41, 5.74) is 11.0. The van der Waals surface area contributed by atoms with Crippen LogP contribution >= 0.6 is 0 Å². The van der Waals surface area contributed by atoms with Gasteiger partial charge in [-0.05, 0) is 85.3 Å². The van der Waals surface area contributed by atoms with E-state index in [-0.39, 0.29) is 23.5 Å². The van der Waals surface area contributed by atoms with Crippen LogP contribution in [-0.4, -0.2) is 0 Å². The lowest BCUT2D eigenvalue weighted by Crippen LogP contribution is -1.92. The maximum Gasteiger partial charge on any atom is 0.144 e. The van der Waals surface area contributed by atoms with E-state index in [1.807, 2.05) is 30.3 Å². The van der Waals surface area contributed by atoms with Crippen LogP contribution in [0.4, 0.5) is 8.78 Å². The zero-order valence-electron chi connectivity index (χ0n) is 32.7. The van der Waals surface area contributed by atoms with Crippen LogP contribution in [0.25, 0.3) is 99.1 Å². The molecule has 0 bridgehead atoms. The second-order valence-electron chi connectivity index (χ2n) is 15.8. The molecule has 2 heterocycles. The number of halogens is 2. The van der Waals surface area contributed by atoms with Crippen molar-refractivity contribution in [3.63, 3.8) is 0 Å². The van der Waals surface area contributed by atoms with Gasteiger partial charge in [0.1, 0.15) is 34.3 Å². The molecule has 0 saturated heterocycles. The van der Waals surface area contributed by atoms with Crippen LogP contribution in [0.3, 0.4) is 0 Å². The maximum absolute atomic E-state index is 14.6. The predicted molar refractivity (Wildman–Crippen MR) is 236 cm³/mol. The van der Waals surface area contributed by atoms with Gasteiger partial charge in [0.2, 0.25) is 0 Å². The first-order valence-corrected chi connectivity index (χ1v) is 19.9. The van der Waals surface area contributed by atoms with Crippen molar-refractivity contribution in [2.45, 2.75) is 39.5 Å². The fourth-order valence-corrected chi connectivity index (χ4v) is 8.76. The summed E-state index contributed by atoms with van der Waals surface area (Å²) < 4.78 is 43.6. The average molecular weight is 759 g/mol. The van der Waals surface area contributed by atoms with Gasteiger partial charge in [0.15, 0.2) is 0 Å². The normalized spacial score (nSPS) is 11.9. The molecule has 0 fully saturated rings. The van der Waals surface area contributed by atoms with Gasteiger partial charge in [-0.15, -0.1) is 0 Å². The monoisotopic (exact) mass is 758 g/mol. The molecule has 2 aromatic heterocycles. The molecule has 2 nitrogen and oxygen atoms in total. The lowest BCUT2D eigenvalue weighted by molar-refractivity contribution is 0.522. The fourth-order valence-electron chi connectivity index (χ4n) is 8.76. The van der Waals surface area contributed by atoms with Gasteiger partial charge in [-0.25, -0.2) is 8.78 Å². The summed E-state index contributed by atoms with van der Waals surface area (Å²) in [6.45, 7) is 8.52. The Hall–Kier alpha value is -6.78. The molecule has 10 rings (SSSR count). The van der Waals surface area contributed by atoms with E-state index in [0.717, 1.165) is 99.9 Å². The predicted octanol–water partition coefficient (Wildman–Crippen LogP) is 16.3. The minimum Gasteiger partial charge on any atom is -0.459 e. The number of fused-ring (bicyclic) bond motifs is 4. The van der Waals surface area contributed by atoms with E-state index in [2.05, 4.69) is 131 Å². The summed E-state index contributed by atoms with van der Waals surface area (Å²) in [5, 5.41) is 6.41. The Labute approximate surface area is 336 Å². The highest BCUT2D eigenvalue weighted by molar-refractivity contribution is 6.26. The van der Waals surface area contributed by atoms with Gasteiger partial charge in [0, 0.05) is 44.9 Å². The third-order valence-corrected chi connectivity index (χ3v) is 11.5. The molecule has 4 heteroatoms. The molecule has 0 radical (unpaired) electrons. The Morgan fingerprint density at radius 2 is 0.810 bits per heavy atom. The SMILES string of the molecule is CC(C)c1oc2c(-c3ccc4ccccc4c3)c3c(-c4ccc(F)cc4)c(C(C)C)oc3c(-c3ccc(-c4cccc5ccccc45)cc3)c2c1-c1ccc(F)cc1. The topological polar surface area (TPSA) is 26.3 Å². The summed E-state index contributed by atoms with van der Waals surface area (Å²) in [5.74, 6) is 0.987. The Kier molecular flexibility index (Phi) is 8.60. The Morgan fingerprint density at radius 3 is 1.38 bits per heavy atom. The van der Waals surface area contributed by atoms with Gasteiger partial charge in [-0.1, -0.05) is 155 Å². The number of hydrogen-bond acceptors (Lipinski definition) is 2. The minimum absolute atomic E-state index is 0.00686. The lowest BCUT2D eigenvalue weighted by Gasteiger charge is -2.15. The molecule has 0 aliphatic carbocycles. The average Bonchev–Trinajstić information content (AvgIpc) is 3.84. The third kappa shape index (κ3) is 5.82. The number of benzene rings is 8. The molecule has 0 aliphatic heterocycles. The van der Waals surface area contributed by atoms with E-state index in [4.69, 9.17) is 8.83 Å². The van der Waals surface area contributed by atoms with Crippen molar-refractivity contribution >= 4 is 43.5 Å². The smallest absolute Gasteiger partial charge is 0.144 e. The molecule has 0 N–H and O–H groups in total. The number of rotatable bonds is 7. The first kappa shape index (κ1) is 35.6. The third-order valence-electron chi connectivity index (χ3n) is 11.5. The molecule has 0 amide bonds. The summed E-state index contributed by atoms with van der Waals surface area (Å²) in [6, 6.07) is 51.8. The van der Waals surface area contributed by atoms with Crippen LogP contribution in [-0.2, 0) is 0 Å². The quantitative estimate of drug-likeness (QED) is 0.162. The molecule has 0 spiro atoms. The van der Waals surface area contributed by atoms with Crippen molar-refractivity contribution in [2.24, 2.45) is 0 Å². The first-order chi connectivity index (χ1) is 28.2. The Balaban J connectivity index is 1.38. The van der Waals surface area contributed by atoms with E-state index >= 15 is 0 Å². The van der Waals surface area contributed by atoms with Gasteiger partial charge < -0.3 is 8.83 Å². The van der Waals surface area contributed by atoms with Crippen molar-refractivity contribution in [3.05, 3.63) is 181 Å². The summed E-state index contributed by atoms with van der Waals surface area (Å²) in [4.78, 5) is 0. The van der Waals surface area contributed by atoms with E-state index in [0.29, 0.717) is 0 Å². The van der Waals surface area contributed by atoms with Gasteiger partial charge in [0.05, 0.1) is 0 Å². The summed E-state index contributed by atoms with van der Waals surface area (Å²) in [7, 11) is 0. The van der Waals surface area contributed by atoms with E-state index in [1.54, 1.807) is 0 Å². The molecule has 0 saturated carbocycles. The molecular formula is C54H40F2O2. The second-order valence-corrected chi connectivity index (χ2v) is 15.8. The highest BCUT2D eigenvalue weighted by Crippen LogP contribution is 2.55. The largest absolute Gasteiger partial charge is 0.459 e. The molecule has 282 valence electrons. The van der Waals surface area contributed by atoms with Crippen molar-refractivity contribution in [1.82, 2.24) is 0 Å². The number of hydrogen-bond donors (Lipinski definition) is 0. The van der Waals surface area contributed by atoms with Crippen molar-refractivity contribution in [2.75, 3.05) is 0 Å². The van der Waals surface area contributed by atoms with Crippen LogP contribution in [0.2, 0.25) is 0 Å². The molecule has 0 atom stereocenters. The molecule has 0 aliphatic rings. The highest BCUT2D eigenvalue weighted by atomic mass is 19.1. The fraction of sp³-hybridized carbons (Fsp3) is 0.111. The van der Waals surface area contributed by atoms with Crippen LogP contribution in [0.1, 0.15) is 51.1 Å². The van der Waals surface area contributed by atoms with Gasteiger partial charge in [0.25, 0.3) is 0 Å². The van der Waals surface area contributed by atoms with Crippen LogP contribution in [0, 0.1) is 11.6 Å². The zero-order valence-corrected chi connectivity index (χ0v) is 32.7. The van der Waals surface area contributed by atoms with Crippen molar-refractivity contribution < 1.29 is 17.6 Å². The highest BCUT2D eigenvalue weighted by Gasteiger charge is 2.32. The Morgan fingerprint density at radius 1 is 0.379 bits per heavy atom. The standard InChI is InChI=1S/C54H40F2O2/c1-31(2)51-45(37-22-26-41(55)27-23-37)49-47(36-19-17-35(18-20-36)44-15-9-13-34-11-7-8-14-43(34)44)53-50(46(52(57-53)32(3)4)38-24-28-42(56)29-25-38)48(54(49)58-51)40-21-16-33-10-5-6-12-39(33)30-40/h5-32H,1-4H3. The summed E-state index contributed by atoms with van der Waals surface area (Å²) in [6.07, 6.45) is 0.